The van der Waals surface area contributed by atoms with Crippen molar-refractivity contribution in [1.29, 1.82) is 0 Å². The highest BCUT2D eigenvalue weighted by Gasteiger charge is 2.62. The van der Waals surface area contributed by atoms with Crippen LogP contribution in [0.1, 0.15) is 81.6 Å². The zero-order valence-electron chi connectivity index (χ0n) is 15.5. The molecule has 1 saturated carbocycles. The minimum atomic E-state index is -0.393. The molecule has 0 spiro atoms. The first-order valence-corrected chi connectivity index (χ1v) is 8.18. The van der Waals surface area contributed by atoms with Crippen molar-refractivity contribution in [3.8, 4) is 0 Å². The molecule has 0 heterocycles. The second kappa shape index (κ2) is 5.21. The van der Waals surface area contributed by atoms with E-state index in [1.165, 1.54) is 0 Å². The molecule has 0 N–H and O–H groups in total. The fourth-order valence-corrected chi connectivity index (χ4v) is 3.26. The molecule has 1 rings (SSSR count). The molecule has 1 fully saturated rings. The Kier molecular flexibility index (Phi) is 4.56. The van der Waals surface area contributed by atoms with Crippen LogP contribution in [0.5, 0.6) is 0 Å². The summed E-state index contributed by atoms with van der Waals surface area (Å²) >= 11 is 0. The Morgan fingerprint density at radius 2 is 1.38 bits per heavy atom. The molecule has 0 aromatic heterocycles. The lowest BCUT2D eigenvalue weighted by Crippen LogP contribution is -2.35. The van der Waals surface area contributed by atoms with Crippen molar-refractivity contribution in [3.63, 3.8) is 0 Å². The highest BCUT2D eigenvalue weighted by molar-refractivity contribution is 5.97. The second-order valence-corrected chi connectivity index (χ2v) is 10.3. The molecule has 0 radical (unpaired) electrons. The second-order valence-electron chi connectivity index (χ2n) is 10.3. The molecule has 122 valence electrons. The van der Waals surface area contributed by atoms with Crippen LogP contribution >= 0.6 is 0 Å². The zero-order valence-corrected chi connectivity index (χ0v) is 15.5. The number of hydrogen-bond acceptors (Lipinski definition) is 2. The number of carbonyl (C=O) groups is 2. The lowest BCUT2D eigenvalue weighted by atomic mass is 9.73. The lowest BCUT2D eigenvalue weighted by Gasteiger charge is -2.29. The minimum Gasteiger partial charge on any atom is -0.299 e. The molecule has 0 amide bonds. The van der Waals surface area contributed by atoms with Gasteiger partial charge in [0.2, 0.25) is 0 Å². The number of carbonyl (C=O) groups excluding carboxylic acids is 2. The van der Waals surface area contributed by atoms with Crippen LogP contribution in [0.4, 0.5) is 0 Å². The zero-order chi connectivity index (χ0) is 16.9. The summed E-state index contributed by atoms with van der Waals surface area (Å²) in [5, 5.41) is 0. The van der Waals surface area contributed by atoms with E-state index in [1.807, 2.05) is 41.5 Å². The monoisotopic (exact) mass is 294 g/mol. The highest BCUT2D eigenvalue weighted by atomic mass is 16.1. The summed E-state index contributed by atoms with van der Waals surface area (Å²) in [5.41, 5.74) is -0.921. The Balaban J connectivity index is 3.00. The smallest absolute Gasteiger partial charge is 0.145 e. The average Bonchev–Trinajstić information content (AvgIpc) is 2.85. The van der Waals surface area contributed by atoms with E-state index in [0.717, 1.165) is 12.8 Å². The van der Waals surface area contributed by atoms with Crippen molar-refractivity contribution in [2.45, 2.75) is 81.6 Å². The fraction of sp³-hybridized carbons (Fsp3) is 0.895. The summed E-state index contributed by atoms with van der Waals surface area (Å²) in [6, 6.07) is 0. The molecule has 0 aromatic carbocycles. The van der Waals surface area contributed by atoms with E-state index in [9.17, 15) is 9.59 Å². The maximum atomic E-state index is 13.0. The summed E-state index contributed by atoms with van der Waals surface area (Å²) in [7, 11) is 0. The van der Waals surface area contributed by atoms with Crippen molar-refractivity contribution < 1.29 is 9.59 Å². The predicted molar refractivity (Wildman–Crippen MR) is 88.2 cm³/mol. The van der Waals surface area contributed by atoms with Crippen LogP contribution in [0.3, 0.4) is 0 Å². The van der Waals surface area contributed by atoms with E-state index >= 15 is 0 Å². The van der Waals surface area contributed by atoms with E-state index in [1.54, 1.807) is 0 Å². The van der Waals surface area contributed by atoms with E-state index in [0.29, 0.717) is 12.3 Å². The average molecular weight is 294 g/mol. The Morgan fingerprint density at radius 3 is 1.71 bits per heavy atom. The number of ketones is 2. The van der Waals surface area contributed by atoms with E-state index in [4.69, 9.17) is 0 Å². The van der Waals surface area contributed by atoms with Crippen LogP contribution < -0.4 is 0 Å². The molecular weight excluding hydrogens is 260 g/mol. The molecule has 21 heavy (non-hydrogen) atoms. The largest absolute Gasteiger partial charge is 0.299 e. The summed E-state index contributed by atoms with van der Waals surface area (Å²) in [5.74, 6) is 0.869. The van der Waals surface area contributed by atoms with Crippen molar-refractivity contribution in [2.24, 2.45) is 27.6 Å². The van der Waals surface area contributed by atoms with Gasteiger partial charge in [0.15, 0.2) is 0 Å². The van der Waals surface area contributed by atoms with Gasteiger partial charge >= 0.3 is 0 Å². The van der Waals surface area contributed by atoms with Gasteiger partial charge in [0, 0.05) is 22.7 Å². The van der Waals surface area contributed by atoms with E-state index < -0.39 is 5.41 Å². The molecule has 1 aliphatic carbocycles. The Morgan fingerprint density at radius 1 is 0.905 bits per heavy atom. The Labute approximate surface area is 131 Å². The summed E-state index contributed by atoms with van der Waals surface area (Å²) in [6.07, 6.45) is 2.34. The molecule has 2 atom stereocenters. The fourth-order valence-electron chi connectivity index (χ4n) is 3.26. The molecule has 2 nitrogen and oxygen atoms in total. The van der Waals surface area contributed by atoms with Crippen molar-refractivity contribution in [2.75, 3.05) is 0 Å². The first-order chi connectivity index (χ1) is 9.09. The highest BCUT2D eigenvalue weighted by Crippen LogP contribution is 2.62. The SMILES string of the molecule is CC(C)(C)CC1CC1(CC(=O)C(C)(C)C)C(=O)C(C)(C)C. The summed E-state index contributed by atoms with van der Waals surface area (Å²) in [6.45, 7) is 18.4. The van der Waals surface area contributed by atoms with Gasteiger partial charge in [-0.05, 0) is 24.2 Å². The lowest BCUT2D eigenvalue weighted by molar-refractivity contribution is -0.138. The van der Waals surface area contributed by atoms with Crippen LogP contribution in [-0.4, -0.2) is 11.6 Å². The van der Waals surface area contributed by atoms with Gasteiger partial charge in [0.05, 0.1) is 0 Å². The van der Waals surface area contributed by atoms with Crippen LogP contribution in [0.2, 0.25) is 0 Å². The van der Waals surface area contributed by atoms with Gasteiger partial charge in [-0.25, -0.2) is 0 Å². The molecule has 2 unspecified atom stereocenters. The number of Topliss-reactive ketones (excluding diaryl/α,β-unsaturated/α-hetero) is 2. The van der Waals surface area contributed by atoms with Crippen molar-refractivity contribution >= 4 is 11.6 Å². The molecule has 0 bridgehead atoms. The summed E-state index contributed by atoms with van der Waals surface area (Å²) < 4.78 is 0. The molecule has 1 aliphatic rings. The first kappa shape index (κ1) is 18.4. The molecule has 0 aromatic rings. The normalized spacial score (nSPS) is 26.6. The van der Waals surface area contributed by atoms with Gasteiger partial charge in [0.1, 0.15) is 11.6 Å². The standard InChI is InChI=1S/C19H34O2/c1-16(2,3)10-13-11-19(13,15(21)18(7,8)9)12-14(20)17(4,5)6/h13H,10-12H2,1-9H3. The molecular formula is C19H34O2. The third-order valence-electron chi connectivity index (χ3n) is 4.54. The summed E-state index contributed by atoms with van der Waals surface area (Å²) in [4.78, 5) is 25.5. The minimum absolute atomic E-state index is 0.204. The van der Waals surface area contributed by atoms with Crippen LogP contribution in [0, 0.1) is 27.6 Å². The van der Waals surface area contributed by atoms with Gasteiger partial charge in [0.25, 0.3) is 0 Å². The topological polar surface area (TPSA) is 34.1 Å². The van der Waals surface area contributed by atoms with Gasteiger partial charge in [-0.2, -0.15) is 0 Å². The van der Waals surface area contributed by atoms with Gasteiger partial charge in [-0.3, -0.25) is 9.59 Å². The van der Waals surface area contributed by atoms with Gasteiger partial charge < -0.3 is 0 Å². The van der Waals surface area contributed by atoms with E-state index in [-0.39, 0.29) is 27.8 Å². The number of hydrogen-bond donors (Lipinski definition) is 0. The van der Waals surface area contributed by atoms with Crippen molar-refractivity contribution in [3.05, 3.63) is 0 Å². The first-order valence-electron chi connectivity index (χ1n) is 8.18. The van der Waals surface area contributed by atoms with E-state index in [2.05, 4.69) is 20.8 Å². The van der Waals surface area contributed by atoms with Crippen molar-refractivity contribution in [1.82, 2.24) is 0 Å². The molecule has 2 heteroatoms. The maximum absolute atomic E-state index is 13.0. The molecule has 0 saturated heterocycles. The van der Waals surface area contributed by atoms with Crippen LogP contribution in [0.15, 0.2) is 0 Å². The Bertz CT molecular complexity index is 426. The van der Waals surface area contributed by atoms with Gasteiger partial charge in [-0.15, -0.1) is 0 Å². The molecule has 0 aliphatic heterocycles. The van der Waals surface area contributed by atoms with Crippen LogP contribution in [-0.2, 0) is 9.59 Å². The van der Waals surface area contributed by atoms with Crippen LogP contribution in [0.25, 0.3) is 0 Å². The Hall–Kier alpha value is -0.660. The quantitative estimate of drug-likeness (QED) is 0.727. The predicted octanol–water partition coefficient (Wildman–Crippen LogP) is 5.05. The number of rotatable bonds is 4. The van der Waals surface area contributed by atoms with Gasteiger partial charge in [-0.1, -0.05) is 62.3 Å². The third kappa shape index (κ3) is 4.40. The maximum Gasteiger partial charge on any atom is 0.145 e. The third-order valence-corrected chi connectivity index (χ3v) is 4.54.